The van der Waals surface area contributed by atoms with E-state index in [-0.39, 0.29) is 10.9 Å². The molecule has 0 amide bonds. The summed E-state index contributed by atoms with van der Waals surface area (Å²) in [5, 5.41) is -0.0431. The van der Waals surface area contributed by atoms with Gasteiger partial charge in [0.15, 0.2) is 11.6 Å². The van der Waals surface area contributed by atoms with E-state index in [0.29, 0.717) is 0 Å². The van der Waals surface area contributed by atoms with Gasteiger partial charge in [-0.05, 0) is 0 Å². The van der Waals surface area contributed by atoms with E-state index in [9.17, 15) is 22.4 Å². The second-order valence-electron chi connectivity index (χ2n) is 3.31. The van der Waals surface area contributed by atoms with E-state index in [2.05, 4.69) is 30.4 Å². The molecule has 106 valence electrons. The lowest BCUT2D eigenvalue weighted by Gasteiger charge is -2.14. The highest BCUT2D eigenvalue weighted by Crippen LogP contribution is 2.31. The molecule has 0 radical (unpaired) electrons. The number of rotatable bonds is 4. The summed E-state index contributed by atoms with van der Waals surface area (Å²) < 4.78 is 58.3. The van der Waals surface area contributed by atoms with E-state index in [1.165, 1.54) is 0 Å². The fraction of sp³-hybridized carbons (Fsp3) is 0.400. The quantitative estimate of drug-likeness (QED) is 0.478. The average Bonchev–Trinajstić information content (AvgIpc) is 2.32. The molecule has 0 aliphatic rings. The molecule has 1 aromatic rings. The molecule has 4 nitrogen and oxygen atoms in total. The molecular formula is C10H8BrF4NO3. The smallest absolute Gasteiger partial charge is 0.469 e. The predicted octanol–water partition coefficient (Wildman–Crippen LogP) is 2.73. The number of hydrogen-bond donors (Lipinski definition) is 0. The van der Waals surface area contributed by atoms with E-state index in [4.69, 9.17) is 0 Å². The summed E-state index contributed by atoms with van der Waals surface area (Å²) in [5.74, 6) is -3.19. The van der Waals surface area contributed by atoms with Crippen LogP contribution in [0.4, 0.5) is 17.6 Å². The zero-order chi connectivity index (χ0) is 14.6. The molecular weight excluding hydrogens is 338 g/mol. The molecule has 0 fully saturated rings. The summed E-state index contributed by atoms with van der Waals surface area (Å²) in [6.07, 6.45) is -4.69. The number of ether oxygens (including phenoxy) is 2. The number of esters is 1. The summed E-state index contributed by atoms with van der Waals surface area (Å²) in [7, 11) is 1.05. The van der Waals surface area contributed by atoms with Crippen LogP contribution in [0.5, 0.6) is 5.75 Å². The van der Waals surface area contributed by atoms with Crippen LogP contribution in [0.15, 0.2) is 6.20 Å². The van der Waals surface area contributed by atoms with Gasteiger partial charge in [-0.15, -0.1) is 13.2 Å². The van der Waals surface area contributed by atoms with Crippen LogP contribution in [-0.4, -0.2) is 24.4 Å². The van der Waals surface area contributed by atoms with Gasteiger partial charge in [-0.3, -0.25) is 9.78 Å². The number of methoxy groups -OCH3 is 1. The van der Waals surface area contributed by atoms with Crippen LogP contribution in [-0.2, 0) is 21.3 Å². The van der Waals surface area contributed by atoms with Crippen molar-refractivity contribution in [3.8, 4) is 5.75 Å². The molecule has 0 saturated heterocycles. The number of carbonyl (C=O) groups is 1. The van der Waals surface area contributed by atoms with Gasteiger partial charge >= 0.3 is 12.3 Å². The monoisotopic (exact) mass is 345 g/mol. The van der Waals surface area contributed by atoms with Crippen LogP contribution < -0.4 is 4.74 Å². The van der Waals surface area contributed by atoms with Gasteiger partial charge in [0.05, 0.1) is 19.2 Å². The first-order valence-electron chi connectivity index (χ1n) is 4.83. The zero-order valence-corrected chi connectivity index (χ0v) is 11.1. The second kappa shape index (κ2) is 6.18. The molecule has 0 N–H and O–H groups in total. The Labute approximate surface area is 113 Å². The third kappa shape index (κ3) is 4.34. The van der Waals surface area contributed by atoms with Gasteiger partial charge in [0.25, 0.3) is 0 Å². The number of carbonyl (C=O) groups excluding carboxylic acids is 1. The summed E-state index contributed by atoms with van der Waals surface area (Å²) in [4.78, 5) is 14.6. The molecule has 9 heteroatoms. The molecule has 0 atom stereocenters. The molecule has 19 heavy (non-hydrogen) atoms. The maximum absolute atomic E-state index is 13.8. The minimum absolute atomic E-state index is 0.0431. The Hall–Kier alpha value is -1.38. The number of aromatic nitrogens is 1. The van der Waals surface area contributed by atoms with Crippen molar-refractivity contribution in [2.75, 3.05) is 7.11 Å². The molecule has 1 rings (SSSR count). The van der Waals surface area contributed by atoms with Gasteiger partial charge in [0.2, 0.25) is 0 Å². The Morgan fingerprint density at radius 1 is 1.47 bits per heavy atom. The lowest BCUT2D eigenvalue weighted by molar-refractivity contribution is -0.276. The molecule has 0 spiro atoms. The van der Waals surface area contributed by atoms with Gasteiger partial charge < -0.3 is 9.47 Å². The van der Waals surface area contributed by atoms with Crippen molar-refractivity contribution in [1.82, 2.24) is 4.98 Å². The third-order valence-electron chi connectivity index (χ3n) is 2.02. The van der Waals surface area contributed by atoms with Crippen molar-refractivity contribution in [3.63, 3.8) is 0 Å². The van der Waals surface area contributed by atoms with Gasteiger partial charge in [-0.1, -0.05) is 15.9 Å². The molecule has 0 bridgehead atoms. The topological polar surface area (TPSA) is 48.4 Å². The van der Waals surface area contributed by atoms with E-state index in [1.54, 1.807) is 0 Å². The lowest BCUT2D eigenvalue weighted by Crippen LogP contribution is -2.21. The van der Waals surface area contributed by atoms with Crippen LogP contribution >= 0.6 is 15.9 Å². The van der Waals surface area contributed by atoms with Crippen LogP contribution in [0.1, 0.15) is 11.3 Å². The molecule has 0 saturated carbocycles. The Morgan fingerprint density at radius 3 is 2.58 bits per heavy atom. The number of alkyl halides is 4. The van der Waals surface area contributed by atoms with Crippen LogP contribution in [0.2, 0.25) is 0 Å². The van der Waals surface area contributed by atoms with Crippen molar-refractivity contribution < 1.29 is 31.8 Å². The number of halogens is 5. The van der Waals surface area contributed by atoms with Gasteiger partial charge in [0.1, 0.15) is 0 Å². The van der Waals surface area contributed by atoms with E-state index < -0.39 is 36.0 Å². The maximum Gasteiger partial charge on any atom is 0.573 e. The van der Waals surface area contributed by atoms with Crippen LogP contribution in [0, 0.1) is 5.82 Å². The largest absolute Gasteiger partial charge is 0.573 e. The predicted molar refractivity (Wildman–Crippen MR) is 59.2 cm³/mol. The Balaban J connectivity index is 3.22. The SMILES string of the molecule is COC(=O)Cc1ncc(CBr)c(F)c1OC(F)(F)F. The fourth-order valence-corrected chi connectivity index (χ4v) is 1.58. The highest BCUT2D eigenvalue weighted by molar-refractivity contribution is 9.08. The molecule has 0 unspecified atom stereocenters. The van der Waals surface area contributed by atoms with Crippen molar-refractivity contribution in [1.29, 1.82) is 0 Å². The van der Waals surface area contributed by atoms with E-state index in [0.717, 1.165) is 13.3 Å². The van der Waals surface area contributed by atoms with Gasteiger partial charge in [-0.2, -0.15) is 0 Å². The van der Waals surface area contributed by atoms with Crippen LogP contribution in [0.3, 0.4) is 0 Å². The minimum Gasteiger partial charge on any atom is -0.469 e. The number of pyridine rings is 1. The standard InChI is InChI=1S/C10H8BrF4NO3/c1-18-7(17)2-6-9(19-10(13,14)15)8(12)5(3-11)4-16-6/h4H,2-3H2,1H3. The zero-order valence-electron chi connectivity index (χ0n) is 9.55. The summed E-state index contributed by atoms with van der Waals surface area (Å²) in [6.45, 7) is 0. The van der Waals surface area contributed by atoms with E-state index in [1.807, 2.05) is 0 Å². The molecule has 1 aromatic heterocycles. The lowest BCUT2D eigenvalue weighted by atomic mass is 10.2. The molecule has 0 aliphatic heterocycles. The molecule has 1 heterocycles. The summed E-state index contributed by atoms with van der Waals surface area (Å²) >= 11 is 2.90. The van der Waals surface area contributed by atoms with Crippen molar-refractivity contribution in [3.05, 3.63) is 23.3 Å². The normalized spacial score (nSPS) is 11.3. The van der Waals surface area contributed by atoms with Crippen molar-refractivity contribution >= 4 is 21.9 Å². The minimum atomic E-state index is -5.08. The van der Waals surface area contributed by atoms with Crippen molar-refractivity contribution in [2.45, 2.75) is 18.1 Å². The first-order valence-corrected chi connectivity index (χ1v) is 5.95. The first kappa shape index (κ1) is 15.7. The highest BCUT2D eigenvalue weighted by atomic mass is 79.9. The first-order chi connectivity index (χ1) is 8.78. The fourth-order valence-electron chi connectivity index (χ4n) is 1.19. The maximum atomic E-state index is 13.8. The van der Waals surface area contributed by atoms with Gasteiger partial charge in [-0.25, -0.2) is 4.39 Å². The van der Waals surface area contributed by atoms with Crippen molar-refractivity contribution in [2.24, 2.45) is 0 Å². The Bertz CT molecular complexity index is 479. The number of hydrogen-bond acceptors (Lipinski definition) is 4. The third-order valence-corrected chi connectivity index (χ3v) is 2.62. The Kier molecular flexibility index (Phi) is 5.10. The summed E-state index contributed by atoms with van der Waals surface area (Å²) in [6, 6.07) is 0. The van der Waals surface area contributed by atoms with Gasteiger partial charge in [0, 0.05) is 17.1 Å². The Morgan fingerprint density at radius 2 is 2.11 bits per heavy atom. The highest BCUT2D eigenvalue weighted by Gasteiger charge is 2.35. The summed E-state index contributed by atoms with van der Waals surface area (Å²) in [5.41, 5.74) is -0.598. The van der Waals surface area contributed by atoms with E-state index >= 15 is 0 Å². The molecule has 0 aliphatic carbocycles. The molecule has 0 aromatic carbocycles. The average molecular weight is 346 g/mol. The van der Waals surface area contributed by atoms with Crippen LogP contribution in [0.25, 0.3) is 0 Å². The second-order valence-corrected chi connectivity index (χ2v) is 3.87. The number of nitrogens with zero attached hydrogens (tertiary/aromatic N) is 1.